The zero-order chi connectivity index (χ0) is 14.0. The van der Waals surface area contributed by atoms with Crippen LogP contribution in [0.1, 0.15) is 24.9 Å². The molecule has 2 rings (SSSR count). The van der Waals surface area contributed by atoms with E-state index in [-0.39, 0.29) is 23.6 Å². The van der Waals surface area contributed by atoms with Gasteiger partial charge in [0.25, 0.3) is 0 Å². The maximum Gasteiger partial charge on any atom is 0.221 e. The molecule has 1 aliphatic heterocycles. The molecule has 1 aromatic rings. The molecule has 19 heavy (non-hydrogen) atoms. The lowest BCUT2D eigenvalue weighted by Crippen LogP contribution is -2.29. The van der Waals surface area contributed by atoms with Crippen molar-refractivity contribution >= 4 is 5.91 Å². The van der Waals surface area contributed by atoms with Crippen LogP contribution in [0.25, 0.3) is 0 Å². The Kier molecular flexibility index (Phi) is 3.95. The van der Waals surface area contributed by atoms with Crippen molar-refractivity contribution in [1.82, 2.24) is 4.90 Å². The zero-order valence-corrected chi connectivity index (χ0v) is 11.3. The molecule has 1 heterocycles. The van der Waals surface area contributed by atoms with Gasteiger partial charge in [-0.15, -0.1) is 0 Å². The summed E-state index contributed by atoms with van der Waals surface area (Å²) in [7, 11) is 1.53. The number of hydrogen-bond donors (Lipinski definition) is 2. The van der Waals surface area contributed by atoms with Gasteiger partial charge >= 0.3 is 0 Å². The van der Waals surface area contributed by atoms with Crippen LogP contribution in [-0.4, -0.2) is 36.1 Å². The quantitative estimate of drug-likeness (QED) is 0.858. The number of likely N-dealkylation sites (tertiary alicyclic amines) is 1. The second-order valence-corrected chi connectivity index (χ2v) is 4.99. The number of benzene rings is 1. The number of rotatable bonds is 4. The number of nitrogens with two attached hydrogens (primary N) is 1. The van der Waals surface area contributed by atoms with E-state index in [2.05, 4.69) is 11.8 Å². The fourth-order valence-corrected chi connectivity index (χ4v) is 2.54. The van der Waals surface area contributed by atoms with Crippen LogP contribution < -0.4 is 10.5 Å². The first-order valence-electron chi connectivity index (χ1n) is 6.43. The fourth-order valence-electron chi connectivity index (χ4n) is 2.54. The molecule has 1 aromatic carbocycles. The molecule has 0 spiro atoms. The van der Waals surface area contributed by atoms with E-state index < -0.39 is 0 Å². The van der Waals surface area contributed by atoms with Crippen molar-refractivity contribution in [1.29, 1.82) is 0 Å². The topological polar surface area (TPSA) is 75.8 Å². The van der Waals surface area contributed by atoms with Crippen molar-refractivity contribution in [2.24, 2.45) is 11.7 Å². The molecule has 2 atom stereocenters. The molecule has 0 radical (unpaired) electrons. The van der Waals surface area contributed by atoms with Gasteiger partial charge in [-0.2, -0.15) is 0 Å². The number of hydrogen-bond acceptors (Lipinski definition) is 4. The highest BCUT2D eigenvalue weighted by Crippen LogP contribution is 2.33. The second-order valence-electron chi connectivity index (χ2n) is 4.99. The number of ether oxygens (including phenoxy) is 1. The Morgan fingerprint density at radius 1 is 1.58 bits per heavy atom. The van der Waals surface area contributed by atoms with Crippen molar-refractivity contribution in [2.75, 3.05) is 20.2 Å². The highest BCUT2D eigenvalue weighted by atomic mass is 16.5. The summed E-state index contributed by atoms with van der Waals surface area (Å²) in [5.41, 5.74) is 6.40. The van der Waals surface area contributed by atoms with Gasteiger partial charge in [0.15, 0.2) is 11.5 Å². The van der Waals surface area contributed by atoms with Gasteiger partial charge in [-0.3, -0.25) is 9.69 Å². The molecule has 0 bridgehead atoms. The third kappa shape index (κ3) is 2.81. The van der Waals surface area contributed by atoms with Crippen LogP contribution in [0.3, 0.4) is 0 Å². The Balaban J connectivity index is 2.12. The van der Waals surface area contributed by atoms with E-state index in [1.54, 1.807) is 6.07 Å². The number of nitrogens with zero attached hydrogens (tertiary/aromatic N) is 1. The van der Waals surface area contributed by atoms with Crippen molar-refractivity contribution < 1.29 is 14.6 Å². The van der Waals surface area contributed by atoms with Gasteiger partial charge in [-0.1, -0.05) is 6.07 Å². The van der Waals surface area contributed by atoms with Crippen LogP contribution in [-0.2, 0) is 4.79 Å². The molecule has 0 aromatic heterocycles. The standard InChI is InChI=1S/C14H20N2O3/c1-9(16-6-5-11(8-16)14(15)18)10-3-4-12(17)13(7-10)19-2/h3-4,7,9,11,17H,5-6,8H2,1-2H3,(H2,15,18). The van der Waals surface area contributed by atoms with Crippen molar-refractivity contribution in [3.8, 4) is 11.5 Å². The molecule has 2 unspecified atom stereocenters. The van der Waals surface area contributed by atoms with E-state index in [9.17, 15) is 9.90 Å². The van der Waals surface area contributed by atoms with Crippen LogP contribution in [0.15, 0.2) is 18.2 Å². The number of phenols is 1. The number of carbonyl (C=O) groups excluding carboxylic acids is 1. The van der Waals surface area contributed by atoms with E-state index in [0.717, 1.165) is 18.5 Å². The summed E-state index contributed by atoms with van der Waals surface area (Å²) in [6, 6.07) is 5.50. The maximum absolute atomic E-state index is 11.2. The van der Waals surface area contributed by atoms with Gasteiger partial charge in [0.05, 0.1) is 13.0 Å². The smallest absolute Gasteiger partial charge is 0.221 e. The van der Waals surface area contributed by atoms with Crippen molar-refractivity contribution in [2.45, 2.75) is 19.4 Å². The summed E-state index contributed by atoms with van der Waals surface area (Å²) >= 11 is 0. The lowest BCUT2D eigenvalue weighted by atomic mass is 10.1. The average molecular weight is 264 g/mol. The van der Waals surface area contributed by atoms with Gasteiger partial charge in [-0.05, 0) is 37.6 Å². The molecule has 1 amide bonds. The van der Waals surface area contributed by atoms with E-state index in [0.29, 0.717) is 12.3 Å². The van der Waals surface area contributed by atoms with Crippen molar-refractivity contribution in [3.63, 3.8) is 0 Å². The molecule has 1 aliphatic rings. The monoisotopic (exact) mass is 264 g/mol. The highest BCUT2D eigenvalue weighted by Gasteiger charge is 2.30. The summed E-state index contributed by atoms with van der Waals surface area (Å²) in [6.07, 6.45) is 0.814. The molecule has 0 aliphatic carbocycles. The molecule has 104 valence electrons. The average Bonchev–Trinajstić information content (AvgIpc) is 2.88. The Labute approximate surface area is 113 Å². The SMILES string of the molecule is COc1cc(C(C)N2CCC(C(N)=O)C2)ccc1O. The van der Waals surface area contributed by atoms with Gasteiger partial charge in [0.2, 0.25) is 5.91 Å². The van der Waals surface area contributed by atoms with Crippen LogP contribution in [0, 0.1) is 5.92 Å². The summed E-state index contributed by atoms with van der Waals surface area (Å²) in [4.78, 5) is 13.4. The Bertz CT molecular complexity index is 476. The first-order valence-corrected chi connectivity index (χ1v) is 6.43. The normalized spacial score (nSPS) is 21.3. The molecule has 0 saturated carbocycles. The van der Waals surface area contributed by atoms with Gasteiger partial charge in [0, 0.05) is 12.6 Å². The Morgan fingerprint density at radius 2 is 2.32 bits per heavy atom. The lowest BCUT2D eigenvalue weighted by molar-refractivity contribution is -0.121. The van der Waals surface area contributed by atoms with Crippen LogP contribution in [0.2, 0.25) is 0 Å². The minimum Gasteiger partial charge on any atom is -0.504 e. The molecule has 3 N–H and O–H groups in total. The predicted octanol–water partition coefficient (Wildman–Crippen LogP) is 1.27. The number of methoxy groups -OCH3 is 1. The van der Waals surface area contributed by atoms with Gasteiger partial charge in [0.1, 0.15) is 0 Å². The number of phenolic OH excluding ortho intramolecular Hbond substituents is 1. The zero-order valence-electron chi connectivity index (χ0n) is 11.3. The summed E-state index contributed by atoms with van der Waals surface area (Å²) in [5.74, 6) is 0.323. The highest BCUT2D eigenvalue weighted by molar-refractivity contribution is 5.77. The third-order valence-electron chi connectivity index (χ3n) is 3.86. The van der Waals surface area contributed by atoms with Crippen LogP contribution in [0.4, 0.5) is 0 Å². The Hall–Kier alpha value is -1.75. The predicted molar refractivity (Wildman–Crippen MR) is 71.9 cm³/mol. The van der Waals surface area contributed by atoms with E-state index in [1.165, 1.54) is 7.11 Å². The van der Waals surface area contributed by atoms with Crippen molar-refractivity contribution in [3.05, 3.63) is 23.8 Å². The van der Waals surface area contributed by atoms with E-state index in [1.807, 2.05) is 12.1 Å². The number of primary amides is 1. The van der Waals surface area contributed by atoms with Gasteiger partial charge in [-0.25, -0.2) is 0 Å². The van der Waals surface area contributed by atoms with Gasteiger partial charge < -0.3 is 15.6 Å². The largest absolute Gasteiger partial charge is 0.504 e. The maximum atomic E-state index is 11.2. The molecule has 5 nitrogen and oxygen atoms in total. The Morgan fingerprint density at radius 3 is 2.89 bits per heavy atom. The van der Waals surface area contributed by atoms with Crippen LogP contribution >= 0.6 is 0 Å². The molecule has 1 saturated heterocycles. The fraction of sp³-hybridized carbons (Fsp3) is 0.500. The number of aromatic hydroxyl groups is 1. The van der Waals surface area contributed by atoms with E-state index >= 15 is 0 Å². The molecular formula is C14H20N2O3. The van der Waals surface area contributed by atoms with Crippen LogP contribution in [0.5, 0.6) is 11.5 Å². The summed E-state index contributed by atoms with van der Waals surface area (Å²) < 4.78 is 5.12. The first kappa shape index (κ1) is 13.7. The molecule has 1 fully saturated rings. The third-order valence-corrected chi connectivity index (χ3v) is 3.86. The van der Waals surface area contributed by atoms with E-state index in [4.69, 9.17) is 10.5 Å². The minimum absolute atomic E-state index is 0.0542. The first-order chi connectivity index (χ1) is 9.02. The number of carbonyl (C=O) groups is 1. The second kappa shape index (κ2) is 5.48. The number of amides is 1. The molecule has 5 heteroatoms. The molecular weight excluding hydrogens is 244 g/mol. The lowest BCUT2D eigenvalue weighted by Gasteiger charge is -2.25. The summed E-state index contributed by atoms with van der Waals surface area (Å²) in [6.45, 7) is 3.63. The summed E-state index contributed by atoms with van der Waals surface area (Å²) in [5, 5.41) is 9.60. The minimum atomic E-state index is -0.224.